The Morgan fingerprint density at radius 1 is 1.07 bits per heavy atom. The number of hydrogen-bond acceptors (Lipinski definition) is 3. The van der Waals surface area contributed by atoms with Crippen LogP contribution in [0.4, 0.5) is 5.69 Å². The minimum Gasteiger partial charge on any atom is -0.378 e. The van der Waals surface area contributed by atoms with Crippen molar-refractivity contribution in [3.8, 4) is 11.1 Å². The van der Waals surface area contributed by atoms with Gasteiger partial charge in [0, 0.05) is 43.2 Å². The van der Waals surface area contributed by atoms with E-state index in [1.165, 1.54) is 5.56 Å². The molecule has 2 heterocycles. The maximum atomic E-state index is 13.0. The molecular weight excluding hydrogens is 360 g/mol. The lowest BCUT2D eigenvalue weighted by Crippen LogP contribution is -2.30. The molecule has 0 unspecified atom stereocenters. The molecule has 29 heavy (non-hydrogen) atoms. The molecule has 2 aromatic heterocycles. The fourth-order valence-electron chi connectivity index (χ4n) is 4.39. The van der Waals surface area contributed by atoms with E-state index < -0.39 is 0 Å². The Morgan fingerprint density at radius 2 is 1.83 bits per heavy atom. The minimum absolute atomic E-state index is 0.0738. The van der Waals surface area contributed by atoms with Crippen molar-refractivity contribution in [1.82, 2.24) is 14.3 Å². The van der Waals surface area contributed by atoms with E-state index >= 15 is 0 Å². The molecule has 4 rings (SSSR count). The molecule has 1 aliphatic rings. The Labute approximate surface area is 172 Å². The predicted molar refractivity (Wildman–Crippen MR) is 118 cm³/mol. The highest BCUT2D eigenvalue weighted by atomic mass is 16.1. The number of nitrogens with one attached hydrogen (secondary N) is 1. The number of hydrogen-bond donors (Lipinski definition) is 1. The van der Waals surface area contributed by atoms with Gasteiger partial charge >= 0.3 is 0 Å². The summed E-state index contributed by atoms with van der Waals surface area (Å²) in [6.45, 7) is 2.82. The Bertz CT molecular complexity index is 997. The van der Waals surface area contributed by atoms with E-state index in [0.29, 0.717) is 17.6 Å². The molecule has 1 fully saturated rings. The molecule has 0 radical (unpaired) electrons. The van der Waals surface area contributed by atoms with E-state index in [-0.39, 0.29) is 5.56 Å². The third-order valence-corrected chi connectivity index (χ3v) is 5.95. The van der Waals surface area contributed by atoms with Gasteiger partial charge in [-0.1, -0.05) is 37.3 Å². The molecule has 5 heteroatoms. The number of anilines is 1. The number of pyridine rings is 1. The molecule has 0 amide bonds. The summed E-state index contributed by atoms with van der Waals surface area (Å²) in [6, 6.07) is 13.1. The number of rotatable bonds is 6. The summed E-state index contributed by atoms with van der Waals surface area (Å²) in [7, 11) is 1.91. The van der Waals surface area contributed by atoms with Crippen molar-refractivity contribution in [3.05, 3.63) is 70.9 Å². The zero-order valence-electron chi connectivity index (χ0n) is 17.3. The van der Waals surface area contributed by atoms with E-state index in [2.05, 4.69) is 47.7 Å². The summed E-state index contributed by atoms with van der Waals surface area (Å²) in [5, 5.41) is 7.86. The van der Waals surface area contributed by atoms with Crippen LogP contribution in [0.15, 0.2) is 59.8 Å². The maximum absolute atomic E-state index is 13.0. The molecule has 0 atom stereocenters. The predicted octanol–water partition coefficient (Wildman–Crippen LogP) is 4.80. The highest BCUT2D eigenvalue weighted by Gasteiger charge is 2.23. The number of nitrogens with zero attached hydrogens (tertiary/aromatic N) is 3. The van der Waals surface area contributed by atoms with Crippen LogP contribution in [0.2, 0.25) is 0 Å². The minimum atomic E-state index is 0.0738. The second kappa shape index (κ2) is 8.68. The summed E-state index contributed by atoms with van der Waals surface area (Å²) in [5.41, 5.74) is 4.29. The van der Waals surface area contributed by atoms with Crippen molar-refractivity contribution in [1.29, 1.82) is 0 Å². The number of benzene rings is 1. The first-order chi connectivity index (χ1) is 14.1. The van der Waals surface area contributed by atoms with E-state index in [9.17, 15) is 4.79 Å². The molecule has 0 spiro atoms. The smallest absolute Gasteiger partial charge is 0.273 e. The van der Waals surface area contributed by atoms with Crippen molar-refractivity contribution in [2.75, 3.05) is 5.32 Å². The lowest BCUT2D eigenvalue weighted by atomic mass is 9.82. The summed E-state index contributed by atoms with van der Waals surface area (Å²) < 4.78 is 3.63. The fraction of sp³-hybridized carbons (Fsp3) is 0.417. The van der Waals surface area contributed by atoms with Crippen molar-refractivity contribution in [3.63, 3.8) is 0 Å². The summed E-state index contributed by atoms with van der Waals surface area (Å²) in [6.07, 6.45) is 11.2. The highest BCUT2D eigenvalue weighted by molar-refractivity contribution is 5.65. The van der Waals surface area contributed by atoms with Gasteiger partial charge in [-0.2, -0.15) is 5.10 Å². The quantitative estimate of drug-likeness (QED) is 0.658. The van der Waals surface area contributed by atoms with E-state index in [1.807, 2.05) is 36.3 Å². The first-order valence-electron chi connectivity index (χ1n) is 10.7. The molecule has 0 aliphatic heterocycles. The summed E-state index contributed by atoms with van der Waals surface area (Å²) >= 11 is 0. The van der Waals surface area contributed by atoms with Crippen LogP contribution in [0, 0.1) is 0 Å². The lowest BCUT2D eigenvalue weighted by molar-refractivity contribution is 0.412. The Hall–Kier alpha value is -2.82. The molecule has 1 saturated carbocycles. The van der Waals surface area contributed by atoms with Gasteiger partial charge in [-0.15, -0.1) is 0 Å². The molecule has 0 bridgehead atoms. The van der Waals surface area contributed by atoms with E-state index in [0.717, 1.165) is 49.8 Å². The monoisotopic (exact) mass is 390 g/mol. The molecule has 1 N–H and O–H groups in total. The molecule has 0 saturated heterocycles. The van der Waals surface area contributed by atoms with Crippen molar-refractivity contribution in [2.45, 2.75) is 57.5 Å². The summed E-state index contributed by atoms with van der Waals surface area (Å²) in [5.74, 6) is 0.632. The summed E-state index contributed by atoms with van der Waals surface area (Å²) in [4.78, 5) is 13.0. The van der Waals surface area contributed by atoms with E-state index in [4.69, 9.17) is 0 Å². The Kier molecular flexibility index (Phi) is 5.84. The van der Waals surface area contributed by atoms with Gasteiger partial charge in [-0.25, -0.2) is 0 Å². The topological polar surface area (TPSA) is 51.9 Å². The van der Waals surface area contributed by atoms with Gasteiger partial charge in [0.25, 0.3) is 5.56 Å². The molecule has 5 nitrogen and oxygen atoms in total. The van der Waals surface area contributed by atoms with E-state index in [1.54, 1.807) is 4.68 Å². The first-order valence-corrected chi connectivity index (χ1v) is 10.7. The maximum Gasteiger partial charge on any atom is 0.273 e. The van der Waals surface area contributed by atoms with Crippen LogP contribution in [0.3, 0.4) is 0 Å². The lowest BCUT2D eigenvalue weighted by Gasteiger charge is -2.30. The van der Waals surface area contributed by atoms with Crippen molar-refractivity contribution in [2.24, 2.45) is 7.05 Å². The van der Waals surface area contributed by atoms with Crippen LogP contribution in [0.5, 0.6) is 0 Å². The van der Waals surface area contributed by atoms with Gasteiger partial charge in [0.2, 0.25) is 0 Å². The first kappa shape index (κ1) is 19.5. The largest absolute Gasteiger partial charge is 0.378 e. The zero-order chi connectivity index (χ0) is 20.2. The molecule has 1 aliphatic carbocycles. The molecule has 1 aromatic carbocycles. The Balaban J connectivity index is 1.52. The third kappa shape index (κ3) is 4.44. The van der Waals surface area contributed by atoms with Crippen LogP contribution in [-0.2, 0) is 13.6 Å². The van der Waals surface area contributed by atoms with Crippen molar-refractivity contribution >= 4 is 5.69 Å². The normalized spacial score (nSPS) is 19.2. The van der Waals surface area contributed by atoms with Gasteiger partial charge in [0.05, 0.1) is 6.20 Å². The second-order valence-electron chi connectivity index (χ2n) is 8.15. The second-order valence-corrected chi connectivity index (χ2v) is 8.15. The van der Waals surface area contributed by atoms with Crippen LogP contribution in [-0.4, -0.2) is 20.4 Å². The average Bonchev–Trinajstić information content (AvgIpc) is 3.18. The SMILES string of the molecule is CCCn1cc(-c2cnn(C)c2)cc(N[C@H]2CC[C@@H](c3ccccc3)CC2)c1=O. The van der Waals surface area contributed by atoms with Gasteiger partial charge in [0.15, 0.2) is 0 Å². The standard InChI is InChI=1S/C24H30N4O/c1-3-13-28-17-20(21-15-25-27(2)16-21)14-23(24(28)29)26-22-11-9-19(10-12-22)18-7-5-4-6-8-18/h4-8,14-17,19,22,26H,3,9-13H2,1-2H3/t19-,22+. The van der Waals surface area contributed by atoms with Gasteiger partial charge in [0.1, 0.15) is 5.69 Å². The zero-order valence-corrected chi connectivity index (χ0v) is 17.3. The van der Waals surface area contributed by atoms with Crippen LogP contribution in [0.25, 0.3) is 11.1 Å². The van der Waals surface area contributed by atoms with Crippen LogP contribution in [0.1, 0.15) is 50.5 Å². The highest BCUT2D eigenvalue weighted by Crippen LogP contribution is 2.34. The number of aryl methyl sites for hydroxylation is 2. The van der Waals surface area contributed by atoms with Crippen LogP contribution < -0.4 is 10.9 Å². The Morgan fingerprint density at radius 3 is 2.48 bits per heavy atom. The average molecular weight is 391 g/mol. The number of aromatic nitrogens is 3. The van der Waals surface area contributed by atoms with Gasteiger partial charge in [-0.05, 0) is 49.7 Å². The van der Waals surface area contributed by atoms with Crippen LogP contribution >= 0.6 is 0 Å². The van der Waals surface area contributed by atoms with Gasteiger partial charge in [-0.3, -0.25) is 9.48 Å². The molecule has 3 aromatic rings. The third-order valence-electron chi connectivity index (χ3n) is 5.95. The molecular formula is C24H30N4O. The van der Waals surface area contributed by atoms with Gasteiger partial charge < -0.3 is 9.88 Å². The molecule has 152 valence electrons. The fourth-order valence-corrected chi connectivity index (χ4v) is 4.39. The van der Waals surface area contributed by atoms with Crippen molar-refractivity contribution < 1.29 is 0 Å².